The molecule has 1 amide bonds. The van der Waals surface area contributed by atoms with Crippen molar-refractivity contribution in [2.45, 2.75) is 25.7 Å². The van der Waals surface area contributed by atoms with Crippen LogP contribution in [0.4, 0.5) is 5.00 Å². The number of primary amides is 1. The van der Waals surface area contributed by atoms with E-state index >= 15 is 0 Å². The number of hydrogen-bond donors (Lipinski definition) is 2. The van der Waals surface area contributed by atoms with E-state index < -0.39 is 5.91 Å². The molecule has 1 aromatic heterocycles. The van der Waals surface area contributed by atoms with Gasteiger partial charge in [-0.2, -0.15) is 0 Å². The number of aryl methyl sites for hydroxylation is 1. The van der Waals surface area contributed by atoms with Gasteiger partial charge in [0, 0.05) is 21.1 Å². The van der Waals surface area contributed by atoms with E-state index in [-0.39, 0.29) is 5.75 Å². The minimum absolute atomic E-state index is 0.147. The number of thiophene rings is 1. The number of halogens is 1. The van der Waals surface area contributed by atoms with Gasteiger partial charge in [-0.15, -0.1) is 11.3 Å². The minimum atomic E-state index is -0.426. The molecule has 1 aliphatic carbocycles. The second-order valence-electron chi connectivity index (χ2n) is 5.22. The summed E-state index contributed by atoms with van der Waals surface area (Å²) in [5.41, 5.74) is 7.75. The molecule has 0 fully saturated rings. The number of hydrogen-bond acceptors (Lipinski definition) is 4. The van der Waals surface area contributed by atoms with Gasteiger partial charge >= 0.3 is 0 Å². The Labute approximate surface area is 140 Å². The van der Waals surface area contributed by atoms with Gasteiger partial charge in [0.25, 0.3) is 5.91 Å². The van der Waals surface area contributed by atoms with Crippen molar-refractivity contribution >= 4 is 44.4 Å². The van der Waals surface area contributed by atoms with Crippen molar-refractivity contribution in [3.63, 3.8) is 0 Å². The maximum Gasteiger partial charge on any atom is 0.252 e. The molecule has 0 spiro atoms. The van der Waals surface area contributed by atoms with Crippen LogP contribution in [0.15, 0.2) is 27.7 Å². The normalized spacial score (nSPS) is 14.2. The molecule has 0 bridgehead atoms. The van der Waals surface area contributed by atoms with Gasteiger partial charge in [-0.3, -0.25) is 4.79 Å². The highest BCUT2D eigenvalue weighted by molar-refractivity contribution is 9.10. The highest BCUT2D eigenvalue weighted by Crippen LogP contribution is 2.39. The van der Waals surface area contributed by atoms with E-state index in [4.69, 9.17) is 5.73 Å². The van der Waals surface area contributed by atoms with Crippen LogP contribution in [0.3, 0.4) is 0 Å². The lowest BCUT2D eigenvalue weighted by Gasteiger charge is -2.10. The lowest BCUT2D eigenvalue weighted by atomic mass is 9.95. The van der Waals surface area contributed by atoms with Crippen LogP contribution in [-0.2, 0) is 12.8 Å². The van der Waals surface area contributed by atoms with Gasteiger partial charge in [0.05, 0.1) is 5.56 Å². The molecule has 0 radical (unpaired) electrons. The van der Waals surface area contributed by atoms with Crippen LogP contribution in [0.5, 0.6) is 5.75 Å². The van der Waals surface area contributed by atoms with Crippen molar-refractivity contribution in [2.24, 2.45) is 10.7 Å². The predicted molar refractivity (Wildman–Crippen MR) is 92.5 cm³/mol. The highest BCUT2D eigenvalue weighted by atomic mass is 79.9. The average molecular weight is 379 g/mol. The number of benzene rings is 1. The van der Waals surface area contributed by atoms with Gasteiger partial charge < -0.3 is 10.8 Å². The third kappa shape index (κ3) is 2.94. The maximum absolute atomic E-state index is 11.8. The molecule has 6 heteroatoms. The summed E-state index contributed by atoms with van der Waals surface area (Å²) >= 11 is 4.89. The number of carbonyl (C=O) groups excluding carboxylic acids is 1. The zero-order valence-corrected chi connectivity index (χ0v) is 14.2. The number of phenolic OH excluding ortho intramolecular Hbond substituents is 1. The van der Waals surface area contributed by atoms with E-state index in [1.54, 1.807) is 24.4 Å². The first kappa shape index (κ1) is 15.2. The Morgan fingerprint density at radius 3 is 2.91 bits per heavy atom. The minimum Gasteiger partial charge on any atom is -0.507 e. The monoisotopic (exact) mass is 378 g/mol. The molecule has 0 saturated heterocycles. The fourth-order valence-electron chi connectivity index (χ4n) is 2.65. The van der Waals surface area contributed by atoms with Crippen LogP contribution in [0.25, 0.3) is 0 Å². The third-order valence-corrected chi connectivity index (χ3v) is 5.40. The van der Waals surface area contributed by atoms with Crippen LogP contribution in [0, 0.1) is 0 Å². The molecule has 0 atom stereocenters. The molecule has 4 nitrogen and oxygen atoms in total. The van der Waals surface area contributed by atoms with Crippen molar-refractivity contribution in [1.29, 1.82) is 0 Å². The summed E-state index contributed by atoms with van der Waals surface area (Å²) in [5, 5.41) is 10.5. The number of carbonyl (C=O) groups is 1. The van der Waals surface area contributed by atoms with Gasteiger partial charge in [0.2, 0.25) is 0 Å². The number of aliphatic imine (C=N–C) groups is 1. The van der Waals surface area contributed by atoms with Crippen LogP contribution in [-0.4, -0.2) is 17.2 Å². The second kappa shape index (κ2) is 6.22. The molecule has 1 aliphatic rings. The molecule has 3 rings (SSSR count). The third-order valence-electron chi connectivity index (χ3n) is 3.71. The summed E-state index contributed by atoms with van der Waals surface area (Å²) in [5.74, 6) is -0.279. The van der Waals surface area contributed by atoms with E-state index in [9.17, 15) is 9.90 Å². The molecule has 2 aromatic rings. The van der Waals surface area contributed by atoms with Gasteiger partial charge in [0.1, 0.15) is 10.8 Å². The number of aromatic hydroxyl groups is 1. The first-order valence-corrected chi connectivity index (χ1v) is 8.64. The van der Waals surface area contributed by atoms with Crippen molar-refractivity contribution < 1.29 is 9.90 Å². The van der Waals surface area contributed by atoms with Crippen molar-refractivity contribution in [3.8, 4) is 5.75 Å². The zero-order valence-electron chi connectivity index (χ0n) is 11.8. The maximum atomic E-state index is 11.8. The second-order valence-corrected chi connectivity index (χ2v) is 7.22. The number of phenols is 1. The van der Waals surface area contributed by atoms with Crippen LogP contribution in [0.2, 0.25) is 0 Å². The molecule has 0 aliphatic heterocycles. The Morgan fingerprint density at radius 2 is 2.14 bits per heavy atom. The van der Waals surface area contributed by atoms with Crippen LogP contribution in [0.1, 0.15) is 39.2 Å². The summed E-state index contributed by atoms with van der Waals surface area (Å²) < 4.78 is 0.854. The van der Waals surface area contributed by atoms with E-state index in [1.165, 1.54) is 16.2 Å². The Hall–Kier alpha value is -1.66. The smallest absolute Gasteiger partial charge is 0.252 e. The summed E-state index contributed by atoms with van der Waals surface area (Å²) in [6, 6.07) is 5.13. The summed E-state index contributed by atoms with van der Waals surface area (Å²) in [7, 11) is 0. The lowest BCUT2D eigenvalue weighted by Crippen LogP contribution is -2.14. The summed E-state index contributed by atoms with van der Waals surface area (Å²) in [4.78, 5) is 17.4. The topological polar surface area (TPSA) is 75.7 Å². The standard InChI is InChI=1S/C16H15BrN2O2S/c17-10-5-6-12(20)9(7-10)8-19-16-14(15(18)21)11-3-1-2-4-13(11)22-16/h5-8,20H,1-4H2,(H2,18,21)/b19-8+. The van der Waals surface area contributed by atoms with Crippen molar-refractivity contribution in [2.75, 3.05) is 0 Å². The molecule has 22 heavy (non-hydrogen) atoms. The number of fused-ring (bicyclic) bond motifs is 1. The summed E-state index contributed by atoms with van der Waals surface area (Å²) in [6.45, 7) is 0. The Morgan fingerprint density at radius 1 is 1.36 bits per heavy atom. The Balaban J connectivity index is 2.01. The molecule has 1 aromatic carbocycles. The van der Waals surface area contributed by atoms with Crippen LogP contribution < -0.4 is 5.73 Å². The number of nitrogens with zero attached hydrogens (tertiary/aromatic N) is 1. The number of amides is 1. The SMILES string of the molecule is NC(=O)c1c(/N=C/c2cc(Br)ccc2O)sc2c1CCCC2. The quantitative estimate of drug-likeness (QED) is 0.793. The van der Waals surface area contributed by atoms with E-state index in [1.807, 2.05) is 0 Å². The molecular weight excluding hydrogens is 364 g/mol. The molecule has 0 saturated carbocycles. The number of nitrogens with two attached hydrogens (primary N) is 1. The van der Waals surface area contributed by atoms with E-state index in [0.29, 0.717) is 16.1 Å². The number of rotatable bonds is 3. The zero-order chi connectivity index (χ0) is 15.7. The highest BCUT2D eigenvalue weighted by Gasteiger charge is 2.23. The average Bonchev–Trinajstić information content (AvgIpc) is 2.86. The predicted octanol–water partition coefficient (Wildman–Crippen LogP) is 3.94. The Kier molecular flexibility index (Phi) is 4.31. The summed E-state index contributed by atoms with van der Waals surface area (Å²) in [6.07, 6.45) is 5.67. The van der Waals surface area contributed by atoms with Gasteiger partial charge in [-0.1, -0.05) is 15.9 Å². The fraction of sp³-hybridized carbons (Fsp3) is 0.250. The van der Waals surface area contributed by atoms with E-state index in [2.05, 4.69) is 20.9 Å². The van der Waals surface area contributed by atoms with Gasteiger partial charge in [-0.05, 0) is 49.4 Å². The molecule has 114 valence electrons. The van der Waals surface area contributed by atoms with E-state index in [0.717, 1.165) is 35.7 Å². The van der Waals surface area contributed by atoms with Crippen molar-refractivity contribution in [3.05, 3.63) is 44.2 Å². The van der Waals surface area contributed by atoms with Gasteiger partial charge in [-0.25, -0.2) is 4.99 Å². The molecule has 1 heterocycles. The molecule has 3 N–H and O–H groups in total. The molecule has 0 unspecified atom stereocenters. The first-order valence-electron chi connectivity index (χ1n) is 7.03. The largest absolute Gasteiger partial charge is 0.507 e. The van der Waals surface area contributed by atoms with Crippen LogP contribution >= 0.6 is 27.3 Å². The van der Waals surface area contributed by atoms with Crippen molar-refractivity contribution in [1.82, 2.24) is 0 Å². The Bertz CT molecular complexity index is 768. The fourth-order valence-corrected chi connectivity index (χ4v) is 4.27. The lowest BCUT2D eigenvalue weighted by molar-refractivity contribution is 0.100. The van der Waals surface area contributed by atoms with Gasteiger partial charge in [0.15, 0.2) is 0 Å². The molecular formula is C16H15BrN2O2S. The first-order chi connectivity index (χ1) is 10.6.